The number of nitrogens with zero attached hydrogens (tertiary/aromatic N) is 2. The third-order valence-electron chi connectivity index (χ3n) is 6.10. The number of alkyl halides is 3. The Hall–Kier alpha value is -4.44. The fourth-order valence-corrected chi connectivity index (χ4v) is 4.37. The van der Waals surface area contributed by atoms with Gasteiger partial charge < -0.3 is 4.57 Å². The molecule has 2 nitrogen and oxygen atoms in total. The summed E-state index contributed by atoms with van der Waals surface area (Å²) in [6, 6.07) is 24.3. The third-order valence-corrected chi connectivity index (χ3v) is 6.10. The number of hydrogen-bond donors (Lipinski definition) is 0. The average Bonchev–Trinajstić information content (AvgIpc) is 3.18. The highest BCUT2D eigenvalue weighted by Gasteiger charge is 2.36. The predicted octanol–water partition coefficient (Wildman–Crippen LogP) is 8.45. The molecule has 0 saturated heterocycles. The molecular weight excluding hydrogens is 471 g/mol. The fourth-order valence-electron chi connectivity index (χ4n) is 4.37. The predicted molar refractivity (Wildman–Crippen MR) is 130 cm³/mol. The largest absolute Gasteiger partial charge is 0.419 e. The lowest BCUT2D eigenvalue weighted by atomic mass is 10.00. The van der Waals surface area contributed by atoms with E-state index >= 15 is 0 Å². The summed E-state index contributed by atoms with van der Waals surface area (Å²) in [5.41, 5.74) is 1.94. The van der Waals surface area contributed by atoms with E-state index in [0.29, 0.717) is 11.6 Å². The maximum atomic E-state index is 14.5. The van der Waals surface area contributed by atoms with Crippen molar-refractivity contribution in [3.63, 3.8) is 0 Å². The van der Waals surface area contributed by atoms with Crippen LogP contribution in [0, 0.1) is 29.9 Å². The molecule has 36 heavy (non-hydrogen) atoms. The zero-order chi connectivity index (χ0) is 25.6. The second kappa shape index (κ2) is 8.65. The summed E-state index contributed by atoms with van der Waals surface area (Å²) in [6.07, 6.45) is -3.71. The minimum absolute atomic E-state index is 0.290. The Morgan fingerprint density at radius 1 is 0.833 bits per heavy atom. The van der Waals surface area contributed by atoms with Crippen LogP contribution in [0.2, 0.25) is 0 Å². The van der Waals surface area contributed by atoms with Gasteiger partial charge in [-0.05, 0) is 61.0 Å². The van der Waals surface area contributed by atoms with Gasteiger partial charge in [-0.1, -0.05) is 42.0 Å². The van der Waals surface area contributed by atoms with Gasteiger partial charge >= 0.3 is 6.18 Å². The topological polar surface area (TPSA) is 28.7 Å². The first-order valence-corrected chi connectivity index (χ1v) is 11.0. The number of halogens is 5. The molecule has 0 spiro atoms. The first-order chi connectivity index (χ1) is 17.2. The van der Waals surface area contributed by atoms with Crippen molar-refractivity contribution in [2.24, 2.45) is 0 Å². The van der Waals surface area contributed by atoms with Crippen LogP contribution in [-0.4, -0.2) is 4.57 Å². The number of para-hydroxylation sites is 1. The second-order valence-electron chi connectivity index (χ2n) is 8.42. The van der Waals surface area contributed by atoms with Gasteiger partial charge in [0.2, 0.25) is 0 Å². The van der Waals surface area contributed by atoms with Crippen LogP contribution in [0.25, 0.3) is 39.1 Å². The van der Waals surface area contributed by atoms with E-state index in [2.05, 4.69) is 4.57 Å². The van der Waals surface area contributed by atoms with Crippen LogP contribution in [0.4, 0.5) is 22.0 Å². The molecule has 0 unspecified atom stereocenters. The van der Waals surface area contributed by atoms with E-state index in [1.54, 1.807) is 12.1 Å². The molecule has 5 rings (SSSR count). The maximum Gasteiger partial charge on any atom is 0.419 e. The fraction of sp³-hybridized carbons (Fsp3) is 0.0690. The van der Waals surface area contributed by atoms with Crippen molar-refractivity contribution in [2.75, 3.05) is 0 Å². The molecule has 0 fully saturated rings. The maximum absolute atomic E-state index is 14.5. The molecule has 0 amide bonds. The molecule has 0 aliphatic carbocycles. The van der Waals surface area contributed by atoms with Crippen molar-refractivity contribution in [2.45, 2.75) is 13.1 Å². The van der Waals surface area contributed by atoms with E-state index in [1.807, 2.05) is 67.6 Å². The van der Waals surface area contributed by atoms with Crippen LogP contribution in [0.5, 0.6) is 0 Å². The molecule has 0 atom stereocenters. The van der Waals surface area contributed by atoms with Gasteiger partial charge in [-0.2, -0.15) is 18.4 Å². The first-order valence-electron chi connectivity index (χ1n) is 11.0. The van der Waals surface area contributed by atoms with Gasteiger partial charge in [0.05, 0.1) is 28.2 Å². The molecule has 7 heteroatoms. The number of aromatic nitrogens is 1. The average molecular weight is 488 g/mol. The molecule has 0 aliphatic rings. The summed E-state index contributed by atoms with van der Waals surface area (Å²) in [6.45, 7) is 2.01. The SMILES string of the molecule is Cc1ccc(-n2c3ccccc3c3cc(C=C(C#N)c4ccc(C(F)(F)F)c(F)c4F)ccc32)cc1. The van der Waals surface area contributed by atoms with Crippen molar-refractivity contribution in [3.8, 4) is 11.8 Å². The Labute approximate surface area is 203 Å². The Morgan fingerprint density at radius 2 is 1.53 bits per heavy atom. The van der Waals surface area contributed by atoms with Gasteiger partial charge in [0.15, 0.2) is 11.6 Å². The number of rotatable bonds is 3. The van der Waals surface area contributed by atoms with Crippen molar-refractivity contribution in [3.05, 3.63) is 113 Å². The monoisotopic (exact) mass is 488 g/mol. The molecule has 0 radical (unpaired) electrons. The number of aryl methyl sites for hydroxylation is 1. The van der Waals surface area contributed by atoms with Crippen molar-refractivity contribution in [1.29, 1.82) is 5.26 Å². The molecule has 5 aromatic rings. The van der Waals surface area contributed by atoms with Crippen molar-refractivity contribution < 1.29 is 22.0 Å². The summed E-state index contributed by atoms with van der Waals surface area (Å²) in [7, 11) is 0. The van der Waals surface area contributed by atoms with E-state index in [0.717, 1.165) is 39.1 Å². The van der Waals surface area contributed by atoms with Crippen LogP contribution < -0.4 is 0 Å². The number of fused-ring (bicyclic) bond motifs is 3. The smallest absolute Gasteiger partial charge is 0.309 e. The minimum Gasteiger partial charge on any atom is -0.309 e. The summed E-state index contributed by atoms with van der Waals surface area (Å²) < 4.78 is 69.5. The zero-order valence-corrected chi connectivity index (χ0v) is 18.9. The Kier molecular flexibility index (Phi) is 5.60. The van der Waals surface area contributed by atoms with Crippen LogP contribution in [0.15, 0.2) is 78.9 Å². The number of benzene rings is 4. The minimum atomic E-state index is -5.04. The number of allylic oxidation sites excluding steroid dienone is 1. The summed E-state index contributed by atoms with van der Waals surface area (Å²) in [4.78, 5) is 0. The lowest BCUT2D eigenvalue weighted by Crippen LogP contribution is -2.10. The third kappa shape index (κ3) is 3.91. The Balaban J connectivity index is 1.67. The molecule has 1 heterocycles. The van der Waals surface area contributed by atoms with Crippen LogP contribution in [0.3, 0.4) is 0 Å². The molecule has 1 aromatic heterocycles. The van der Waals surface area contributed by atoms with Crippen molar-refractivity contribution in [1.82, 2.24) is 4.57 Å². The Bertz CT molecular complexity index is 1700. The number of hydrogen-bond acceptors (Lipinski definition) is 1. The highest BCUT2D eigenvalue weighted by atomic mass is 19.4. The van der Waals surface area contributed by atoms with Gasteiger partial charge in [-0.25, -0.2) is 8.78 Å². The second-order valence-corrected chi connectivity index (χ2v) is 8.42. The summed E-state index contributed by atoms with van der Waals surface area (Å²) in [5, 5.41) is 11.4. The molecule has 4 aromatic carbocycles. The van der Waals surface area contributed by atoms with E-state index in [1.165, 1.54) is 6.08 Å². The molecule has 0 aliphatic heterocycles. The molecule has 0 bridgehead atoms. The molecule has 0 saturated carbocycles. The summed E-state index contributed by atoms with van der Waals surface area (Å²) >= 11 is 0. The highest BCUT2D eigenvalue weighted by Crippen LogP contribution is 2.36. The van der Waals surface area contributed by atoms with Crippen LogP contribution in [-0.2, 0) is 6.18 Å². The van der Waals surface area contributed by atoms with Gasteiger partial charge in [0, 0.05) is 22.0 Å². The normalized spacial score (nSPS) is 12.3. The zero-order valence-electron chi connectivity index (χ0n) is 18.9. The van der Waals surface area contributed by atoms with Crippen LogP contribution in [0.1, 0.15) is 22.3 Å². The molecule has 0 N–H and O–H groups in total. The van der Waals surface area contributed by atoms with E-state index < -0.39 is 28.9 Å². The highest BCUT2D eigenvalue weighted by molar-refractivity contribution is 6.10. The first kappa shape index (κ1) is 23.3. The standard InChI is InChI=1S/C29H17F5N2/c1-17-6-9-20(10-7-17)36-25-5-3-2-4-22(25)23-15-18(8-13-26(23)36)14-19(16-35)21-11-12-24(29(32,33)34)28(31)27(21)30/h2-15H,1H3. The van der Waals surface area contributed by atoms with Gasteiger partial charge in [-0.3, -0.25) is 0 Å². The molecule has 178 valence electrons. The van der Waals surface area contributed by atoms with Crippen molar-refractivity contribution >= 4 is 33.5 Å². The number of nitriles is 1. The van der Waals surface area contributed by atoms with E-state index in [9.17, 15) is 27.2 Å². The van der Waals surface area contributed by atoms with E-state index in [4.69, 9.17) is 0 Å². The van der Waals surface area contributed by atoms with Crippen LogP contribution >= 0.6 is 0 Å². The van der Waals surface area contributed by atoms with E-state index in [-0.39, 0.29) is 5.57 Å². The van der Waals surface area contributed by atoms with Gasteiger partial charge in [0.1, 0.15) is 0 Å². The lowest BCUT2D eigenvalue weighted by Gasteiger charge is -2.11. The quantitative estimate of drug-likeness (QED) is 0.142. The lowest BCUT2D eigenvalue weighted by molar-refractivity contribution is -0.140. The molecular formula is C29H17F5N2. The Morgan fingerprint density at radius 3 is 2.22 bits per heavy atom. The summed E-state index contributed by atoms with van der Waals surface area (Å²) in [5.74, 6) is -3.74. The van der Waals surface area contributed by atoms with Gasteiger partial charge in [0.25, 0.3) is 0 Å². The van der Waals surface area contributed by atoms with Gasteiger partial charge in [-0.15, -0.1) is 0 Å².